The lowest BCUT2D eigenvalue weighted by atomic mass is 9.68. The van der Waals surface area contributed by atoms with Gasteiger partial charge in [-0.15, -0.1) is 0 Å². The topological polar surface area (TPSA) is 9.23 Å². The summed E-state index contributed by atoms with van der Waals surface area (Å²) in [4.78, 5) is 0. The van der Waals surface area contributed by atoms with Crippen LogP contribution in [0.1, 0.15) is 82.6 Å². The third kappa shape index (κ3) is 5.34. The Bertz CT molecular complexity index is 534. The molecule has 2 fully saturated rings. The fourth-order valence-corrected chi connectivity index (χ4v) is 5.12. The summed E-state index contributed by atoms with van der Waals surface area (Å²) in [5, 5.41) is 0. The molecule has 1 aromatic rings. The van der Waals surface area contributed by atoms with Crippen molar-refractivity contribution < 1.29 is 9.13 Å². The first-order valence-electron chi connectivity index (χ1n) is 10.8. The van der Waals surface area contributed by atoms with Crippen LogP contribution in [0.2, 0.25) is 0 Å². The van der Waals surface area contributed by atoms with Crippen molar-refractivity contribution in [1.29, 1.82) is 0 Å². The van der Waals surface area contributed by atoms with Crippen molar-refractivity contribution in [1.82, 2.24) is 0 Å². The Balaban J connectivity index is 1.43. The van der Waals surface area contributed by atoms with E-state index in [4.69, 9.17) is 4.74 Å². The molecule has 2 heteroatoms. The highest BCUT2D eigenvalue weighted by atomic mass is 19.1. The van der Waals surface area contributed by atoms with Gasteiger partial charge in [-0.05, 0) is 106 Å². The highest BCUT2D eigenvalue weighted by molar-refractivity contribution is 5.29. The summed E-state index contributed by atoms with van der Waals surface area (Å²) < 4.78 is 17.9. The molecule has 0 aromatic heterocycles. The van der Waals surface area contributed by atoms with E-state index in [-0.39, 0.29) is 0 Å². The Morgan fingerprint density at radius 3 is 2.12 bits per heavy atom. The summed E-state index contributed by atoms with van der Waals surface area (Å²) >= 11 is 0. The van der Waals surface area contributed by atoms with Gasteiger partial charge in [-0.3, -0.25) is 0 Å². The predicted octanol–water partition coefficient (Wildman–Crippen LogP) is 7.43. The van der Waals surface area contributed by atoms with E-state index in [9.17, 15) is 4.39 Å². The Labute approximate surface area is 159 Å². The molecule has 0 bridgehead atoms. The minimum atomic E-state index is 0.718. The van der Waals surface area contributed by atoms with Crippen LogP contribution in [-0.2, 0) is 0 Å². The molecular formula is C24H35FO. The molecule has 26 heavy (non-hydrogen) atoms. The van der Waals surface area contributed by atoms with Crippen LogP contribution in [0.3, 0.4) is 0 Å². The molecule has 0 N–H and O–H groups in total. The van der Waals surface area contributed by atoms with Crippen molar-refractivity contribution in [3.05, 3.63) is 42.2 Å². The summed E-state index contributed by atoms with van der Waals surface area (Å²) in [6.07, 6.45) is 15.2. The van der Waals surface area contributed by atoms with Gasteiger partial charge < -0.3 is 4.74 Å². The van der Waals surface area contributed by atoms with Crippen LogP contribution in [0, 0.1) is 17.8 Å². The Morgan fingerprint density at radius 2 is 1.54 bits per heavy atom. The number of allylic oxidation sites excluding steroid dienone is 1. The molecule has 1 aromatic carbocycles. The quantitative estimate of drug-likeness (QED) is 0.492. The van der Waals surface area contributed by atoms with Gasteiger partial charge in [0.2, 0.25) is 0 Å². The maximum atomic E-state index is 12.2. The van der Waals surface area contributed by atoms with Gasteiger partial charge in [-0.25, -0.2) is 4.39 Å². The Morgan fingerprint density at radius 1 is 0.923 bits per heavy atom. The molecule has 1 nitrogen and oxygen atoms in total. The van der Waals surface area contributed by atoms with E-state index in [0.717, 1.165) is 55.2 Å². The van der Waals surface area contributed by atoms with E-state index in [1.165, 1.54) is 56.9 Å². The molecule has 0 spiro atoms. The monoisotopic (exact) mass is 358 g/mol. The Hall–Kier alpha value is -1.31. The highest BCUT2D eigenvalue weighted by Crippen LogP contribution is 2.44. The Kier molecular flexibility index (Phi) is 7.58. The van der Waals surface area contributed by atoms with Crippen molar-refractivity contribution in [3.63, 3.8) is 0 Å². The standard InChI is InChI=1S/C24H35FO/c1-2-18-26-24-15-13-23(14-16-24)22-11-9-21(10-12-22)20-7-5-19(6-8-20)4-3-17-25/h3,13-17,19-22H,2,4-12,18H2,1H3/b17-3+/t19-,20-,21-,22-. The second kappa shape index (κ2) is 10.1. The van der Waals surface area contributed by atoms with Crippen LogP contribution in [0.5, 0.6) is 5.75 Å². The van der Waals surface area contributed by atoms with Crippen molar-refractivity contribution in [2.45, 2.75) is 77.0 Å². The average molecular weight is 359 g/mol. The smallest absolute Gasteiger partial charge is 0.119 e. The second-order valence-corrected chi connectivity index (χ2v) is 8.41. The van der Waals surface area contributed by atoms with E-state index in [2.05, 4.69) is 31.2 Å². The van der Waals surface area contributed by atoms with Crippen molar-refractivity contribution in [3.8, 4) is 5.75 Å². The van der Waals surface area contributed by atoms with Gasteiger partial charge in [0.1, 0.15) is 5.75 Å². The van der Waals surface area contributed by atoms with E-state index >= 15 is 0 Å². The molecule has 2 saturated carbocycles. The first-order valence-corrected chi connectivity index (χ1v) is 10.8. The normalized spacial score (nSPS) is 29.8. The molecule has 0 saturated heterocycles. The zero-order valence-corrected chi connectivity index (χ0v) is 16.3. The molecule has 144 valence electrons. The molecule has 2 aliphatic carbocycles. The number of hydrogen-bond donors (Lipinski definition) is 0. The zero-order valence-electron chi connectivity index (χ0n) is 16.3. The largest absolute Gasteiger partial charge is 0.494 e. The first kappa shape index (κ1) is 19.5. The molecule has 0 unspecified atom stereocenters. The summed E-state index contributed by atoms with van der Waals surface area (Å²) in [7, 11) is 0. The molecular weight excluding hydrogens is 323 g/mol. The van der Waals surface area contributed by atoms with Crippen LogP contribution in [0.4, 0.5) is 4.39 Å². The fourth-order valence-electron chi connectivity index (χ4n) is 5.12. The number of halogens is 1. The molecule has 0 heterocycles. The summed E-state index contributed by atoms with van der Waals surface area (Å²) in [5.74, 6) is 4.31. The highest BCUT2D eigenvalue weighted by Gasteiger charge is 2.31. The third-order valence-corrected chi connectivity index (χ3v) is 6.71. The molecule has 2 aliphatic rings. The number of rotatable bonds is 7. The lowest BCUT2D eigenvalue weighted by Crippen LogP contribution is -2.25. The molecule has 3 rings (SSSR count). The van der Waals surface area contributed by atoms with Gasteiger partial charge in [-0.1, -0.05) is 25.1 Å². The number of ether oxygens (including phenoxy) is 1. The van der Waals surface area contributed by atoms with Crippen molar-refractivity contribution in [2.24, 2.45) is 17.8 Å². The molecule has 0 amide bonds. The van der Waals surface area contributed by atoms with Crippen molar-refractivity contribution >= 4 is 0 Å². The average Bonchev–Trinajstić information content (AvgIpc) is 2.72. The van der Waals surface area contributed by atoms with Gasteiger partial charge in [-0.2, -0.15) is 0 Å². The van der Waals surface area contributed by atoms with Gasteiger partial charge in [0.05, 0.1) is 12.9 Å². The van der Waals surface area contributed by atoms with E-state index < -0.39 is 0 Å². The summed E-state index contributed by atoms with van der Waals surface area (Å²) in [6.45, 7) is 2.94. The van der Waals surface area contributed by atoms with E-state index in [1.807, 2.05) is 0 Å². The molecule has 0 atom stereocenters. The lowest BCUT2D eigenvalue weighted by molar-refractivity contribution is 0.160. The van der Waals surface area contributed by atoms with Crippen LogP contribution in [-0.4, -0.2) is 6.61 Å². The van der Waals surface area contributed by atoms with E-state index in [1.54, 1.807) is 6.08 Å². The third-order valence-electron chi connectivity index (χ3n) is 6.71. The molecule has 0 radical (unpaired) electrons. The van der Waals surface area contributed by atoms with Gasteiger partial charge >= 0.3 is 0 Å². The predicted molar refractivity (Wildman–Crippen MR) is 107 cm³/mol. The van der Waals surface area contributed by atoms with Crippen LogP contribution in [0.15, 0.2) is 36.7 Å². The fraction of sp³-hybridized carbons (Fsp3) is 0.667. The van der Waals surface area contributed by atoms with Gasteiger partial charge in [0.25, 0.3) is 0 Å². The van der Waals surface area contributed by atoms with Crippen LogP contribution < -0.4 is 4.74 Å². The minimum absolute atomic E-state index is 0.718. The maximum absolute atomic E-state index is 12.2. The maximum Gasteiger partial charge on any atom is 0.119 e. The van der Waals surface area contributed by atoms with Gasteiger partial charge in [0.15, 0.2) is 0 Å². The summed E-state index contributed by atoms with van der Waals surface area (Å²) in [6, 6.07) is 8.84. The summed E-state index contributed by atoms with van der Waals surface area (Å²) in [5.41, 5.74) is 1.49. The minimum Gasteiger partial charge on any atom is -0.494 e. The van der Waals surface area contributed by atoms with Crippen molar-refractivity contribution in [2.75, 3.05) is 6.61 Å². The molecule has 0 aliphatic heterocycles. The van der Waals surface area contributed by atoms with Gasteiger partial charge in [0, 0.05) is 0 Å². The first-order chi connectivity index (χ1) is 12.8. The second-order valence-electron chi connectivity index (χ2n) is 8.41. The SMILES string of the molecule is CCCOc1ccc([C@H]2CC[C@H]([C@H]3CC[C@H](C/C=C/F)CC3)CC2)cc1. The zero-order chi connectivity index (χ0) is 18.2. The lowest BCUT2D eigenvalue weighted by Gasteiger charge is -2.38. The van der Waals surface area contributed by atoms with Crippen LogP contribution >= 0.6 is 0 Å². The van der Waals surface area contributed by atoms with E-state index in [0.29, 0.717) is 0 Å². The number of hydrogen-bond acceptors (Lipinski definition) is 1. The number of benzene rings is 1. The van der Waals surface area contributed by atoms with Crippen LogP contribution in [0.25, 0.3) is 0 Å².